The van der Waals surface area contributed by atoms with Crippen molar-refractivity contribution in [3.05, 3.63) is 26.6 Å². The number of hydrogen-bond acceptors (Lipinski definition) is 5. The third-order valence-electron chi connectivity index (χ3n) is 5.13. The lowest BCUT2D eigenvalue weighted by Gasteiger charge is -2.36. The van der Waals surface area contributed by atoms with Crippen molar-refractivity contribution in [3.63, 3.8) is 0 Å². The molecule has 0 aliphatic carbocycles. The molecule has 3 heterocycles. The summed E-state index contributed by atoms with van der Waals surface area (Å²) < 4.78 is 0. The van der Waals surface area contributed by atoms with Crippen LogP contribution in [0.25, 0.3) is 10.2 Å². The molecule has 1 aliphatic rings. The lowest BCUT2D eigenvalue weighted by molar-refractivity contribution is -0.153. The molecule has 2 atom stereocenters. The number of aromatic nitrogens is 2. The Morgan fingerprint density at radius 2 is 2.12 bits per heavy atom. The number of carbonyl (C=O) groups is 2. The van der Waals surface area contributed by atoms with E-state index in [-0.39, 0.29) is 17.9 Å². The SMILES string of the molecule is Cc1sc2nc(CCC(=O)N3CCC(C)CC3C(=O)O)[nH]c(=O)c2c1C. The van der Waals surface area contributed by atoms with E-state index >= 15 is 0 Å². The molecule has 0 saturated carbocycles. The second kappa shape index (κ2) is 7.19. The highest BCUT2D eigenvalue weighted by atomic mass is 32.1. The first-order chi connectivity index (χ1) is 12.3. The number of thiophene rings is 1. The summed E-state index contributed by atoms with van der Waals surface area (Å²) in [5.41, 5.74) is 0.752. The number of fused-ring (bicyclic) bond motifs is 1. The van der Waals surface area contributed by atoms with Gasteiger partial charge in [0.05, 0.1) is 5.39 Å². The van der Waals surface area contributed by atoms with Crippen LogP contribution in [0.1, 0.15) is 42.5 Å². The van der Waals surface area contributed by atoms with E-state index in [1.807, 2.05) is 20.8 Å². The summed E-state index contributed by atoms with van der Waals surface area (Å²) in [6, 6.07) is -0.761. The van der Waals surface area contributed by atoms with Crippen molar-refractivity contribution in [1.29, 1.82) is 0 Å². The first-order valence-corrected chi connectivity index (χ1v) is 9.60. The molecular weight excluding hydrogens is 354 g/mol. The van der Waals surface area contributed by atoms with Gasteiger partial charge >= 0.3 is 5.97 Å². The molecule has 26 heavy (non-hydrogen) atoms. The van der Waals surface area contributed by atoms with Gasteiger partial charge in [-0.25, -0.2) is 9.78 Å². The highest BCUT2D eigenvalue weighted by Gasteiger charge is 2.34. The summed E-state index contributed by atoms with van der Waals surface area (Å²) >= 11 is 1.47. The van der Waals surface area contributed by atoms with Crippen LogP contribution in [-0.2, 0) is 16.0 Å². The monoisotopic (exact) mass is 377 g/mol. The average Bonchev–Trinajstić information content (AvgIpc) is 2.87. The van der Waals surface area contributed by atoms with Crippen LogP contribution in [0.5, 0.6) is 0 Å². The fraction of sp³-hybridized carbons (Fsp3) is 0.556. The second-order valence-electron chi connectivity index (χ2n) is 7.05. The summed E-state index contributed by atoms with van der Waals surface area (Å²) in [7, 11) is 0. The van der Waals surface area contributed by atoms with Gasteiger partial charge in [-0.15, -0.1) is 11.3 Å². The molecule has 1 fully saturated rings. The number of carboxylic acid groups (broad SMARTS) is 1. The molecule has 2 N–H and O–H groups in total. The summed E-state index contributed by atoms with van der Waals surface area (Å²) in [6.45, 7) is 6.32. The molecule has 8 heteroatoms. The van der Waals surface area contributed by atoms with Crippen molar-refractivity contribution in [2.24, 2.45) is 5.92 Å². The fourth-order valence-electron chi connectivity index (χ4n) is 3.46. The maximum absolute atomic E-state index is 12.5. The smallest absolute Gasteiger partial charge is 0.326 e. The number of H-pyrrole nitrogens is 1. The van der Waals surface area contributed by atoms with Gasteiger partial charge in [0.25, 0.3) is 5.56 Å². The minimum atomic E-state index is -0.956. The average molecular weight is 377 g/mol. The second-order valence-corrected chi connectivity index (χ2v) is 8.25. The Morgan fingerprint density at radius 1 is 1.38 bits per heavy atom. The van der Waals surface area contributed by atoms with Crippen molar-refractivity contribution in [3.8, 4) is 0 Å². The van der Waals surface area contributed by atoms with E-state index in [9.17, 15) is 19.5 Å². The van der Waals surface area contributed by atoms with Gasteiger partial charge in [0, 0.05) is 24.3 Å². The normalized spacial score (nSPS) is 20.5. The molecule has 2 unspecified atom stereocenters. The van der Waals surface area contributed by atoms with Gasteiger partial charge in [0.1, 0.15) is 16.7 Å². The van der Waals surface area contributed by atoms with E-state index in [4.69, 9.17) is 0 Å². The van der Waals surface area contributed by atoms with Crippen molar-refractivity contribution in [2.45, 2.75) is 52.5 Å². The number of nitrogens with one attached hydrogen (secondary N) is 1. The number of carbonyl (C=O) groups excluding carboxylic acids is 1. The first kappa shape index (κ1) is 18.6. The van der Waals surface area contributed by atoms with E-state index in [2.05, 4.69) is 9.97 Å². The highest BCUT2D eigenvalue weighted by molar-refractivity contribution is 7.18. The molecule has 0 aromatic carbocycles. The number of aliphatic carboxylic acids is 1. The molecule has 0 bridgehead atoms. The Bertz CT molecular complexity index is 917. The quantitative estimate of drug-likeness (QED) is 0.850. The molecule has 140 valence electrons. The fourth-order valence-corrected chi connectivity index (χ4v) is 4.51. The maximum Gasteiger partial charge on any atom is 0.326 e. The molecular formula is C18H23N3O4S. The Kier molecular flexibility index (Phi) is 5.13. The lowest BCUT2D eigenvalue weighted by Crippen LogP contribution is -2.49. The molecule has 1 saturated heterocycles. The number of piperidine rings is 1. The molecule has 0 spiro atoms. The van der Waals surface area contributed by atoms with Gasteiger partial charge in [0.2, 0.25) is 5.91 Å². The molecule has 2 aromatic heterocycles. The van der Waals surface area contributed by atoms with E-state index in [0.717, 1.165) is 16.9 Å². The predicted molar refractivity (Wildman–Crippen MR) is 99.6 cm³/mol. The number of amides is 1. The number of aromatic amines is 1. The van der Waals surface area contributed by atoms with Crippen LogP contribution in [-0.4, -0.2) is 44.4 Å². The van der Waals surface area contributed by atoms with Crippen LogP contribution in [0.2, 0.25) is 0 Å². The molecule has 0 radical (unpaired) electrons. The zero-order valence-corrected chi connectivity index (χ0v) is 16.0. The zero-order valence-electron chi connectivity index (χ0n) is 15.2. The summed E-state index contributed by atoms with van der Waals surface area (Å²) in [4.78, 5) is 46.7. The van der Waals surface area contributed by atoms with Crippen LogP contribution in [0.4, 0.5) is 0 Å². The zero-order chi connectivity index (χ0) is 19.0. The van der Waals surface area contributed by atoms with Gasteiger partial charge in [-0.05, 0) is 38.2 Å². The first-order valence-electron chi connectivity index (χ1n) is 8.79. The molecule has 1 amide bonds. The maximum atomic E-state index is 12.5. The largest absolute Gasteiger partial charge is 0.480 e. The van der Waals surface area contributed by atoms with Crippen molar-refractivity contribution in [2.75, 3.05) is 6.54 Å². The number of carboxylic acids is 1. The molecule has 2 aromatic rings. The van der Waals surface area contributed by atoms with E-state index in [1.54, 1.807) is 0 Å². The van der Waals surface area contributed by atoms with Crippen molar-refractivity contribution >= 4 is 33.4 Å². The Labute approximate surface area is 155 Å². The lowest BCUT2D eigenvalue weighted by atomic mass is 9.92. The van der Waals surface area contributed by atoms with Gasteiger partial charge in [-0.2, -0.15) is 0 Å². The Balaban J connectivity index is 1.74. The Morgan fingerprint density at radius 3 is 2.81 bits per heavy atom. The van der Waals surface area contributed by atoms with E-state index in [0.29, 0.717) is 41.3 Å². The summed E-state index contributed by atoms with van der Waals surface area (Å²) in [6.07, 6.45) is 1.72. The summed E-state index contributed by atoms with van der Waals surface area (Å²) in [5.74, 6) is -0.395. The predicted octanol–water partition coefficient (Wildman–Crippen LogP) is 2.25. The highest BCUT2D eigenvalue weighted by Crippen LogP contribution is 2.26. The number of likely N-dealkylation sites (tertiary alicyclic amines) is 1. The van der Waals surface area contributed by atoms with Crippen molar-refractivity contribution in [1.82, 2.24) is 14.9 Å². The topological polar surface area (TPSA) is 103 Å². The van der Waals surface area contributed by atoms with Gasteiger partial charge in [-0.1, -0.05) is 6.92 Å². The van der Waals surface area contributed by atoms with Crippen molar-refractivity contribution < 1.29 is 14.7 Å². The van der Waals surface area contributed by atoms with E-state index in [1.165, 1.54) is 16.2 Å². The number of hydrogen-bond donors (Lipinski definition) is 2. The molecule has 1 aliphatic heterocycles. The summed E-state index contributed by atoms with van der Waals surface area (Å²) in [5, 5.41) is 10.0. The minimum Gasteiger partial charge on any atom is -0.480 e. The van der Waals surface area contributed by atoms with E-state index < -0.39 is 12.0 Å². The Hall–Kier alpha value is -2.22. The van der Waals surface area contributed by atoms with Gasteiger partial charge in [0.15, 0.2) is 0 Å². The third-order valence-corrected chi connectivity index (χ3v) is 6.23. The molecule has 3 rings (SSSR count). The number of aryl methyl sites for hydroxylation is 3. The van der Waals surface area contributed by atoms with Crippen LogP contribution in [0.3, 0.4) is 0 Å². The number of rotatable bonds is 4. The van der Waals surface area contributed by atoms with Crippen LogP contribution in [0, 0.1) is 19.8 Å². The third kappa shape index (κ3) is 3.51. The van der Waals surface area contributed by atoms with Crippen LogP contribution >= 0.6 is 11.3 Å². The number of nitrogens with zero attached hydrogens (tertiary/aromatic N) is 2. The minimum absolute atomic E-state index is 0.135. The van der Waals surface area contributed by atoms with Crippen LogP contribution < -0.4 is 5.56 Å². The molecule has 7 nitrogen and oxygen atoms in total. The van der Waals surface area contributed by atoms with Gasteiger partial charge in [-0.3, -0.25) is 9.59 Å². The standard InChI is InChI=1S/C18H23N3O4S/c1-9-6-7-21(12(8-9)18(24)25)14(22)5-4-13-19-16(23)15-10(2)11(3)26-17(15)20-13/h9,12H,4-8H2,1-3H3,(H,24,25)(H,19,20,23). The van der Waals surface area contributed by atoms with Crippen LogP contribution in [0.15, 0.2) is 4.79 Å². The van der Waals surface area contributed by atoms with Gasteiger partial charge < -0.3 is 15.0 Å².